The number of amides is 1. The van der Waals surface area contributed by atoms with Crippen LogP contribution >= 0.6 is 11.6 Å². The molecule has 0 saturated carbocycles. The quantitative estimate of drug-likeness (QED) is 0.597. The van der Waals surface area contributed by atoms with Gasteiger partial charge in [-0.1, -0.05) is 11.6 Å². The summed E-state index contributed by atoms with van der Waals surface area (Å²) in [6, 6.07) is 13.6. The second kappa shape index (κ2) is 8.82. The first kappa shape index (κ1) is 19.8. The lowest BCUT2D eigenvalue weighted by Crippen LogP contribution is -2.13. The van der Waals surface area contributed by atoms with Crippen LogP contribution in [0.1, 0.15) is 23.0 Å². The number of halogens is 1. The third kappa shape index (κ3) is 4.30. The monoisotopic (exact) mass is 401 g/mol. The number of rotatable bonds is 7. The zero-order valence-electron chi connectivity index (χ0n) is 15.5. The molecule has 0 atom stereocenters. The van der Waals surface area contributed by atoms with Crippen molar-refractivity contribution in [2.45, 2.75) is 13.5 Å². The van der Waals surface area contributed by atoms with E-state index in [2.05, 4.69) is 5.32 Å². The highest BCUT2D eigenvalue weighted by Crippen LogP contribution is 2.32. The minimum atomic E-state index is -0.337. The predicted octanol–water partition coefficient (Wildman–Crippen LogP) is 4.75. The number of methoxy groups -OCH3 is 1. The molecule has 3 rings (SSSR count). The van der Waals surface area contributed by atoms with E-state index >= 15 is 0 Å². The molecule has 2 aromatic carbocycles. The average Bonchev–Trinajstić information content (AvgIpc) is 3.19. The third-order valence-corrected chi connectivity index (χ3v) is 4.34. The maximum Gasteiger partial charge on any atom is 0.255 e. The zero-order chi connectivity index (χ0) is 20.1. The molecule has 28 heavy (non-hydrogen) atoms. The SMILES string of the molecule is CCOc1ccc(C(=O)Nc2cc(-c3ccc(CO)o3)ccc2OC)cc1Cl. The highest BCUT2D eigenvalue weighted by molar-refractivity contribution is 6.32. The Morgan fingerprint density at radius 3 is 2.57 bits per heavy atom. The highest BCUT2D eigenvalue weighted by atomic mass is 35.5. The summed E-state index contributed by atoms with van der Waals surface area (Å²) in [7, 11) is 1.52. The lowest BCUT2D eigenvalue weighted by atomic mass is 10.1. The predicted molar refractivity (Wildman–Crippen MR) is 107 cm³/mol. The van der Waals surface area contributed by atoms with Crippen LogP contribution in [0, 0.1) is 0 Å². The summed E-state index contributed by atoms with van der Waals surface area (Å²) < 4.78 is 16.3. The highest BCUT2D eigenvalue weighted by Gasteiger charge is 2.14. The number of anilines is 1. The molecule has 0 bridgehead atoms. The van der Waals surface area contributed by atoms with Crippen molar-refractivity contribution in [2.24, 2.45) is 0 Å². The smallest absolute Gasteiger partial charge is 0.255 e. The fourth-order valence-corrected chi connectivity index (χ4v) is 2.92. The number of carbonyl (C=O) groups excluding carboxylic acids is 1. The number of furan rings is 1. The molecular weight excluding hydrogens is 382 g/mol. The lowest BCUT2D eigenvalue weighted by Gasteiger charge is -2.12. The molecule has 0 fully saturated rings. The number of aliphatic hydroxyl groups excluding tert-OH is 1. The molecule has 146 valence electrons. The van der Waals surface area contributed by atoms with Gasteiger partial charge in [0.15, 0.2) is 0 Å². The Morgan fingerprint density at radius 2 is 1.93 bits per heavy atom. The summed E-state index contributed by atoms with van der Waals surface area (Å²) in [6.07, 6.45) is 0. The summed E-state index contributed by atoms with van der Waals surface area (Å²) in [5.41, 5.74) is 1.61. The first-order valence-electron chi connectivity index (χ1n) is 8.67. The van der Waals surface area contributed by atoms with Crippen LogP contribution in [0.25, 0.3) is 11.3 Å². The third-order valence-electron chi connectivity index (χ3n) is 4.04. The maximum absolute atomic E-state index is 12.7. The van der Waals surface area contributed by atoms with Crippen molar-refractivity contribution in [1.29, 1.82) is 0 Å². The first-order valence-corrected chi connectivity index (χ1v) is 9.05. The molecule has 3 aromatic rings. The second-order valence-electron chi connectivity index (χ2n) is 5.87. The van der Waals surface area contributed by atoms with E-state index < -0.39 is 0 Å². The van der Waals surface area contributed by atoms with Crippen molar-refractivity contribution in [2.75, 3.05) is 19.0 Å². The van der Waals surface area contributed by atoms with Crippen molar-refractivity contribution in [1.82, 2.24) is 0 Å². The van der Waals surface area contributed by atoms with Crippen molar-refractivity contribution >= 4 is 23.2 Å². The van der Waals surface area contributed by atoms with Crippen LogP contribution in [0.2, 0.25) is 5.02 Å². The van der Waals surface area contributed by atoms with E-state index in [1.807, 2.05) is 13.0 Å². The van der Waals surface area contributed by atoms with Crippen LogP contribution in [0.4, 0.5) is 5.69 Å². The van der Waals surface area contributed by atoms with Gasteiger partial charge in [0.1, 0.15) is 29.6 Å². The van der Waals surface area contributed by atoms with E-state index in [0.29, 0.717) is 45.9 Å². The molecule has 1 amide bonds. The topological polar surface area (TPSA) is 80.9 Å². The van der Waals surface area contributed by atoms with Crippen LogP contribution in [0.5, 0.6) is 11.5 Å². The molecule has 0 aliphatic heterocycles. The van der Waals surface area contributed by atoms with Crippen molar-refractivity contribution in [3.63, 3.8) is 0 Å². The normalized spacial score (nSPS) is 10.6. The Labute approximate surface area is 167 Å². The Balaban J connectivity index is 1.87. The molecule has 0 unspecified atom stereocenters. The zero-order valence-corrected chi connectivity index (χ0v) is 16.2. The fraction of sp³-hybridized carbons (Fsp3) is 0.190. The van der Waals surface area contributed by atoms with Crippen LogP contribution in [0.15, 0.2) is 52.9 Å². The number of aliphatic hydroxyl groups is 1. The minimum Gasteiger partial charge on any atom is -0.495 e. The summed E-state index contributed by atoms with van der Waals surface area (Å²) in [5.74, 6) is 1.73. The Hall–Kier alpha value is -2.96. The number of hydrogen-bond donors (Lipinski definition) is 2. The van der Waals surface area contributed by atoms with Gasteiger partial charge in [0.05, 0.1) is 24.4 Å². The molecule has 2 N–H and O–H groups in total. The van der Waals surface area contributed by atoms with Gasteiger partial charge in [-0.05, 0) is 55.5 Å². The van der Waals surface area contributed by atoms with Gasteiger partial charge in [0.25, 0.3) is 5.91 Å². The van der Waals surface area contributed by atoms with Gasteiger partial charge in [0.2, 0.25) is 0 Å². The minimum absolute atomic E-state index is 0.182. The number of nitrogens with one attached hydrogen (secondary N) is 1. The molecule has 0 aliphatic carbocycles. The van der Waals surface area contributed by atoms with E-state index in [-0.39, 0.29) is 12.5 Å². The largest absolute Gasteiger partial charge is 0.495 e. The Morgan fingerprint density at radius 1 is 1.14 bits per heavy atom. The van der Waals surface area contributed by atoms with Crippen LogP contribution in [-0.2, 0) is 6.61 Å². The van der Waals surface area contributed by atoms with E-state index in [4.69, 9.17) is 30.6 Å². The number of carbonyl (C=O) groups is 1. The summed E-state index contributed by atoms with van der Waals surface area (Å²) in [6.45, 7) is 2.16. The molecule has 0 aliphatic rings. The van der Waals surface area contributed by atoms with E-state index in [1.54, 1.807) is 42.5 Å². The van der Waals surface area contributed by atoms with Crippen LogP contribution < -0.4 is 14.8 Å². The number of benzene rings is 2. The Kier molecular flexibility index (Phi) is 6.23. The first-order chi connectivity index (χ1) is 13.5. The van der Waals surface area contributed by atoms with Gasteiger partial charge in [-0.15, -0.1) is 0 Å². The van der Waals surface area contributed by atoms with E-state index in [9.17, 15) is 4.79 Å². The Bertz CT molecular complexity index is 983. The number of ether oxygens (including phenoxy) is 2. The van der Waals surface area contributed by atoms with Crippen LogP contribution in [0.3, 0.4) is 0 Å². The summed E-state index contributed by atoms with van der Waals surface area (Å²) in [5, 5.41) is 12.4. The standard InChI is InChI=1S/C21H20ClNO5/c1-3-27-19-7-5-14(10-16(19)22)21(25)23-17-11-13(4-8-20(17)26-2)18-9-6-15(12-24)28-18/h4-11,24H,3,12H2,1-2H3,(H,23,25). The molecule has 1 aromatic heterocycles. The molecule has 0 radical (unpaired) electrons. The summed E-state index contributed by atoms with van der Waals surface area (Å²) >= 11 is 6.17. The van der Waals surface area contributed by atoms with Gasteiger partial charge >= 0.3 is 0 Å². The molecule has 0 saturated heterocycles. The summed E-state index contributed by atoms with van der Waals surface area (Å²) in [4.78, 5) is 12.7. The van der Waals surface area contributed by atoms with E-state index in [1.165, 1.54) is 7.11 Å². The van der Waals surface area contributed by atoms with Gasteiger partial charge in [0, 0.05) is 11.1 Å². The van der Waals surface area contributed by atoms with Crippen LogP contribution in [-0.4, -0.2) is 24.7 Å². The molecule has 6 nitrogen and oxygen atoms in total. The molecule has 7 heteroatoms. The lowest BCUT2D eigenvalue weighted by molar-refractivity contribution is 0.102. The molecular formula is C21H20ClNO5. The van der Waals surface area contributed by atoms with Crippen molar-refractivity contribution < 1.29 is 23.8 Å². The van der Waals surface area contributed by atoms with E-state index in [0.717, 1.165) is 5.56 Å². The fourth-order valence-electron chi connectivity index (χ4n) is 2.69. The maximum atomic E-state index is 12.7. The van der Waals surface area contributed by atoms with Gasteiger partial charge in [-0.2, -0.15) is 0 Å². The van der Waals surface area contributed by atoms with Crippen molar-refractivity contribution in [3.8, 4) is 22.8 Å². The number of hydrogen-bond acceptors (Lipinski definition) is 5. The van der Waals surface area contributed by atoms with Crippen molar-refractivity contribution in [3.05, 3.63) is 64.9 Å². The molecule has 0 spiro atoms. The molecule has 1 heterocycles. The van der Waals surface area contributed by atoms with Gasteiger partial charge < -0.3 is 24.3 Å². The average molecular weight is 402 g/mol. The second-order valence-corrected chi connectivity index (χ2v) is 6.28. The van der Waals surface area contributed by atoms with Gasteiger partial charge in [-0.25, -0.2) is 0 Å². The van der Waals surface area contributed by atoms with Gasteiger partial charge in [-0.3, -0.25) is 4.79 Å².